The minimum Gasteiger partial charge on any atom is -1.00 e. The first-order chi connectivity index (χ1) is 13.5. The van der Waals surface area contributed by atoms with Crippen LogP contribution in [0, 0.1) is 13.8 Å². The molecule has 0 heterocycles. The van der Waals surface area contributed by atoms with Crippen molar-refractivity contribution in [1.82, 2.24) is 0 Å². The molecule has 0 N–H and O–H groups in total. The molecule has 0 aliphatic carbocycles. The molecule has 0 radical (unpaired) electrons. The van der Waals surface area contributed by atoms with Crippen LogP contribution in [0.25, 0.3) is 21.5 Å². The summed E-state index contributed by atoms with van der Waals surface area (Å²) in [6.07, 6.45) is 0. The fourth-order valence-corrected chi connectivity index (χ4v) is 8.68. The van der Waals surface area contributed by atoms with Crippen LogP contribution >= 0.6 is 7.92 Å². The number of hydrogen-bond donors (Lipinski definition) is 0. The Morgan fingerprint density at radius 3 is 1.84 bits per heavy atom. The van der Waals surface area contributed by atoms with Gasteiger partial charge in [0.2, 0.25) is 0 Å². The van der Waals surface area contributed by atoms with Crippen LogP contribution in [0.3, 0.4) is 0 Å². The van der Waals surface area contributed by atoms with Gasteiger partial charge in [0.25, 0.3) is 0 Å². The van der Waals surface area contributed by atoms with Gasteiger partial charge in [0.05, 0.1) is 0 Å². The summed E-state index contributed by atoms with van der Waals surface area (Å²) in [5.74, 6) is 0. The summed E-state index contributed by atoms with van der Waals surface area (Å²) in [6.45, 7) is 18.6. The molecule has 0 saturated heterocycles. The van der Waals surface area contributed by atoms with Gasteiger partial charge in [-0.05, 0) is 17.2 Å². The Bertz CT molecular complexity index is 1030. The molecule has 0 aromatic heterocycles. The van der Waals surface area contributed by atoms with Crippen molar-refractivity contribution in [3.05, 3.63) is 77.9 Å². The summed E-state index contributed by atoms with van der Waals surface area (Å²) >= 11 is 0. The maximum Gasteiger partial charge on any atom is 4.00 e. The third-order valence-corrected chi connectivity index (χ3v) is 8.91. The van der Waals surface area contributed by atoms with Gasteiger partial charge in [-0.1, -0.05) is 74.1 Å². The third kappa shape index (κ3) is 7.27. The fourth-order valence-electron chi connectivity index (χ4n) is 4.58. The number of rotatable bonds is 1. The van der Waals surface area contributed by atoms with E-state index in [0.29, 0.717) is 10.3 Å². The van der Waals surface area contributed by atoms with E-state index in [-0.39, 0.29) is 58.6 Å². The number of aryl methyl sites for hydroxylation is 2. The molecule has 0 unspecified atom stereocenters. The molecule has 0 aliphatic rings. The summed E-state index contributed by atoms with van der Waals surface area (Å²) < 4.78 is 0. The van der Waals surface area contributed by atoms with Crippen molar-refractivity contribution in [2.24, 2.45) is 0 Å². The smallest absolute Gasteiger partial charge is 1.00 e. The predicted octanol–water partition coefficient (Wildman–Crippen LogP) is 2.44. The Hall–Kier alpha value is -0.460. The van der Waals surface area contributed by atoms with Gasteiger partial charge in [-0.15, -0.1) is 68.8 Å². The average Bonchev–Trinajstić information content (AvgIpc) is 3.23. The summed E-state index contributed by atoms with van der Waals surface area (Å²) in [5.41, 5.74) is 2.74. The van der Waals surface area contributed by atoms with Crippen LogP contribution in [0.4, 0.5) is 0 Å². The van der Waals surface area contributed by atoms with Crippen molar-refractivity contribution in [2.75, 3.05) is 0 Å². The normalized spacial score (nSPS) is 11.3. The van der Waals surface area contributed by atoms with Gasteiger partial charge in [0.1, 0.15) is 0 Å². The van der Waals surface area contributed by atoms with Crippen LogP contribution in [0.1, 0.15) is 52.7 Å². The van der Waals surface area contributed by atoms with E-state index in [1.54, 1.807) is 5.30 Å². The van der Waals surface area contributed by atoms with Gasteiger partial charge in [-0.2, -0.15) is 18.2 Å². The monoisotopic (exact) mass is 652 g/mol. The SMILES string of the molecule is CC(C)(C)P(c1cc2ccccc2[cH-]1)C(C)(C)C.Cc1ccc(C)c2[cH-]ccc12.[Cl-].[Cl-].[Hf+4]. The number of benzene rings is 2. The summed E-state index contributed by atoms with van der Waals surface area (Å²) in [6, 6.07) is 24.3. The van der Waals surface area contributed by atoms with E-state index in [1.165, 1.54) is 32.7 Å². The average molecular weight is 652 g/mol. The minimum atomic E-state index is -0.185. The molecule has 4 aromatic carbocycles. The molecule has 0 saturated carbocycles. The topological polar surface area (TPSA) is 0 Å². The maximum atomic E-state index is 2.40. The van der Waals surface area contributed by atoms with Gasteiger partial charge < -0.3 is 24.8 Å². The van der Waals surface area contributed by atoms with Crippen molar-refractivity contribution in [3.8, 4) is 0 Å². The van der Waals surface area contributed by atoms with E-state index in [4.69, 9.17) is 0 Å². The maximum absolute atomic E-state index is 2.40. The minimum absolute atomic E-state index is 0. The zero-order valence-corrected chi connectivity index (χ0v) is 26.6. The predicted molar refractivity (Wildman–Crippen MR) is 135 cm³/mol. The molecule has 4 rings (SSSR count). The molecule has 0 atom stereocenters. The zero-order chi connectivity index (χ0) is 21.4. The molecule has 32 heavy (non-hydrogen) atoms. The molecule has 170 valence electrons. The summed E-state index contributed by atoms with van der Waals surface area (Å²) in [4.78, 5) is 0. The first-order valence-corrected chi connectivity index (χ1v) is 11.9. The van der Waals surface area contributed by atoms with Gasteiger partial charge in [0, 0.05) is 0 Å². The molecule has 0 bridgehead atoms. The van der Waals surface area contributed by atoms with Crippen molar-refractivity contribution < 1.29 is 50.7 Å². The van der Waals surface area contributed by atoms with Crippen LogP contribution in [0.2, 0.25) is 0 Å². The van der Waals surface area contributed by atoms with Crippen molar-refractivity contribution in [3.63, 3.8) is 0 Å². The summed E-state index contributed by atoms with van der Waals surface area (Å²) in [5, 5.41) is 7.79. The van der Waals surface area contributed by atoms with Crippen LogP contribution in [0.15, 0.2) is 66.7 Å². The van der Waals surface area contributed by atoms with Crippen LogP contribution < -0.4 is 30.1 Å². The van der Waals surface area contributed by atoms with Gasteiger partial charge >= 0.3 is 25.8 Å². The molecular formula is C28H35Cl2HfP. The molecule has 4 aromatic rings. The molecule has 4 heteroatoms. The molecular weight excluding hydrogens is 617 g/mol. The Balaban J connectivity index is 0.000000598. The van der Waals surface area contributed by atoms with E-state index in [1.807, 2.05) is 0 Å². The largest absolute Gasteiger partial charge is 4.00 e. The van der Waals surface area contributed by atoms with Crippen molar-refractivity contribution >= 4 is 34.8 Å². The molecule has 0 spiro atoms. The Kier molecular flexibility index (Phi) is 12.1. The zero-order valence-electron chi connectivity index (χ0n) is 20.6. The van der Waals surface area contributed by atoms with Crippen molar-refractivity contribution in [2.45, 2.75) is 65.7 Å². The Morgan fingerprint density at radius 1 is 0.750 bits per heavy atom. The van der Waals surface area contributed by atoms with E-state index < -0.39 is 0 Å². The molecule has 0 aliphatic heterocycles. The van der Waals surface area contributed by atoms with Crippen molar-refractivity contribution in [1.29, 1.82) is 0 Å². The van der Waals surface area contributed by atoms with Gasteiger partial charge in [-0.3, -0.25) is 0 Å². The second-order valence-corrected chi connectivity index (χ2v) is 13.9. The molecule has 0 fully saturated rings. The van der Waals surface area contributed by atoms with E-state index in [0.717, 1.165) is 0 Å². The second kappa shape index (κ2) is 12.3. The Morgan fingerprint density at radius 2 is 1.31 bits per heavy atom. The van der Waals surface area contributed by atoms with Gasteiger partial charge in [-0.25, -0.2) is 0 Å². The third-order valence-electron chi connectivity index (χ3n) is 5.45. The molecule has 0 amide bonds. The first-order valence-electron chi connectivity index (χ1n) is 10.6. The Labute approximate surface area is 227 Å². The molecule has 0 nitrogen and oxygen atoms in total. The van der Waals surface area contributed by atoms with Gasteiger partial charge in [0.15, 0.2) is 0 Å². The number of halogens is 2. The summed E-state index contributed by atoms with van der Waals surface area (Å²) in [7, 11) is -0.185. The second-order valence-electron chi connectivity index (χ2n) is 10.1. The van der Waals surface area contributed by atoms with Crippen LogP contribution in [-0.4, -0.2) is 10.3 Å². The van der Waals surface area contributed by atoms with E-state index in [9.17, 15) is 0 Å². The quantitative estimate of drug-likeness (QED) is 0.169. The van der Waals surface area contributed by atoms with Crippen LogP contribution in [0.5, 0.6) is 0 Å². The number of hydrogen-bond acceptors (Lipinski definition) is 0. The standard InChI is InChI=1S/C17H24P.C11H11.2ClH.Hf/c1-16(2,3)18(17(4,5)6)15-11-13-9-7-8-10-14(13)12-15;1-8-6-7-9(2)11-5-3-4-10(8)11;;;/h7-12H,1-6H3;3-7H,1-2H3;2*1H;/q2*-1;;;+4/p-2. The first kappa shape index (κ1) is 31.5. The number of fused-ring (bicyclic) bond motifs is 2. The van der Waals surface area contributed by atoms with E-state index >= 15 is 0 Å². The fraction of sp³-hybridized carbons (Fsp3) is 0.357. The van der Waals surface area contributed by atoms with E-state index in [2.05, 4.69) is 122 Å². The van der Waals surface area contributed by atoms with Crippen LogP contribution in [-0.2, 0) is 25.8 Å².